The lowest BCUT2D eigenvalue weighted by Gasteiger charge is -2.07. The first-order chi connectivity index (χ1) is 13.2. The van der Waals surface area contributed by atoms with E-state index in [4.69, 9.17) is 9.47 Å². The Morgan fingerprint density at radius 1 is 1.07 bits per heavy atom. The largest absolute Gasteiger partial charge is 0.494 e. The van der Waals surface area contributed by atoms with Gasteiger partial charge >= 0.3 is 0 Å². The Balaban J connectivity index is 1.47. The van der Waals surface area contributed by atoms with Gasteiger partial charge in [0.2, 0.25) is 5.91 Å². The summed E-state index contributed by atoms with van der Waals surface area (Å²) in [5.41, 5.74) is 1.58. The van der Waals surface area contributed by atoms with Crippen molar-refractivity contribution in [3.05, 3.63) is 60.8 Å². The molecule has 7 heteroatoms. The van der Waals surface area contributed by atoms with Gasteiger partial charge in [-0.2, -0.15) is 0 Å². The second-order valence-corrected chi connectivity index (χ2v) is 5.77. The minimum atomic E-state index is -0.147. The molecular weight excluding hydrogens is 344 g/mol. The zero-order valence-corrected chi connectivity index (χ0v) is 15.2. The van der Waals surface area contributed by atoms with Gasteiger partial charge in [-0.1, -0.05) is 35.5 Å². The highest BCUT2D eigenvalue weighted by molar-refractivity contribution is 5.75. The molecule has 0 saturated heterocycles. The van der Waals surface area contributed by atoms with Gasteiger partial charge in [-0.05, 0) is 31.2 Å². The summed E-state index contributed by atoms with van der Waals surface area (Å²) < 4.78 is 12.5. The molecule has 0 bridgehead atoms. The number of benzene rings is 2. The van der Waals surface area contributed by atoms with Crippen LogP contribution in [0.2, 0.25) is 0 Å². The first-order valence-electron chi connectivity index (χ1n) is 8.82. The van der Waals surface area contributed by atoms with Crippen LogP contribution < -0.4 is 14.8 Å². The summed E-state index contributed by atoms with van der Waals surface area (Å²) in [4.78, 5) is 12.0. The van der Waals surface area contributed by atoms with Crippen LogP contribution in [0.3, 0.4) is 0 Å². The van der Waals surface area contributed by atoms with Crippen LogP contribution in [-0.4, -0.2) is 40.7 Å². The van der Waals surface area contributed by atoms with Crippen molar-refractivity contribution in [3.63, 3.8) is 0 Å². The smallest absolute Gasteiger partial charge is 0.241 e. The molecule has 0 atom stereocenters. The molecule has 0 radical (unpaired) electrons. The number of hydrogen-bond donors (Lipinski definition) is 1. The van der Waals surface area contributed by atoms with Gasteiger partial charge in [0.25, 0.3) is 0 Å². The standard InChI is InChI=1S/C20H22N4O3/c1-2-26-18-10-6-7-16(13-18)19-14-24(23-22-19)15-20(25)21-11-12-27-17-8-4-3-5-9-17/h3-10,13-14H,2,11-12,15H2,1H3,(H,21,25). The average molecular weight is 366 g/mol. The van der Waals surface area contributed by atoms with Crippen LogP contribution in [-0.2, 0) is 11.3 Å². The second kappa shape index (κ2) is 9.38. The minimum Gasteiger partial charge on any atom is -0.494 e. The summed E-state index contributed by atoms with van der Waals surface area (Å²) >= 11 is 0. The SMILES string of the molecule is CCOc1cccc(-c2cn(CC(=O)NCCOc3ccccc3)nn2)c1. The lowest BCUT2D eigenvalue weighted by Crippen LogP contribution is -2.31. The first-order valence-corrected chi connectivity index (χ1v) is 8.82. The van der Waals surface area contributed by atoms with Crippen molar-refractivity contribution in [2.45, 2.75) is 13.5 Å². The lowest BCUT2D eigenvalue weighted by atomic mass is 10.1. The van der Waals surface area contributed by atoms with E-state index in [2.05, 4.69) is 15.6 Å². The van der Waals surface area contributed by atoms with Crippen molar-refractivity contribution in [3.8, 4) is 22.8 Å². The van der Waals surface area contributed by atoms with Crippen LogP contribution in [0.25, 0.3) is 11.3 Å². The van der Waals surface area contributed by atoms with E-state index in [1.54, 1.807) is 6.20 Å². The lowest BCUT2D eigenvalue weighted by molar-refractivity contribution is -0.121. The van der Waals surface area contributed by atoms with E-state index in [0.29, 0.717) is 25.5 Å². The summed E-state index contributed by atoms with van der Waals surface area (Å²) in [6.07, 6.45) is 1.74. The summed E-state index contributed by atoms with van der Waals surface area (Å²) in [7, 11) is 0. The zero-order chi connectivity index (χ0) is 18.9. The number of hydrogen-bond acceptors (Lipinski definition) is 5. The van der Waals surface area contributed by atoms with Gasteiger partial charge in [-0.3, -0.25) is 4.79 Å². The van der Waals surface area contributed by atoms with Crippen molar-refractivity contribution in [2.75, 3.05) is 19.8 Å². The van der Waals surface area contributed by atoms with Crippen molar-refractivity contribution in [2.24, 2.45) is 0 Å². The number of rotatable bonds is 9. The third-order valence-electron chi connectivity index (χ3n) is 3.72. The molecule has 0 aliphatic carbocycles. The van der Waals surface area contributed by atoms with Gasteiger partial charge in [0.1, 0.15) is 30.3 Å². The highest BCUT2D eigenvalue weighted by Crippen LogP contribution is 2.21. The molecule has 1 amide bonds. The molecule has 0 aliphatic rings. The predicted molar refractivity (Wildman–Crippen MR) is 102 cm³/mol. The Morgan fingerprint density at radius 3 is 2.70 bits per heavy atom. The third kappa shape index (κ3) is 5.57. The topological polar surface area (TPSA) is 78.3 Å². The van der Waals surface area contributed by atoms with E-state index in [1.165, 1.54) is 4.68 Å². The summed E-state index contributed by atoms with van der Waals surface area (Å²) in [5.74, 6) is 1.41. The van der Waals surface area contributed by atoms with Crippen molar-refractivity contribution >= 4 is 5.91 Å². The second-order valence-electron chi connectivity index (χ2n) is 5.77. The predicted octanol–water partition coefficient (Wildman–Crippen LogP) is 2.54. The zero-order valence-electron chi connectivity index (χ0n) is 15.2. The maximum absolute atomic E-state index is 12.0. The van der Waals surface area contributed by atoms with Crippen molar-refractivity contribution < 1.29 is 14.3 Å². The highest BCUT2D eigenvalue weighted by Gasteiger charge is 2.08. The number of amides is 1. The van der Waals surface area contributed by atoms with Gasteiger partial charge in [0, 0.05) is 5.56 Å². The maximum atomic E-state index is 12.0. The highest BCUT2D eigenvalue weighted by atomic mass is 16.5. The molecule has 27 heavy (non-hydrogen) atoms. The molecule has 3 rings (SSSR count). The van der Waals surface area contributed by atoms with Crippen molar-refractivity contribution in [1.29, 1.82) is 0 Å². The van der Waals surface area contributed by atoms with E-state index in [1.807, 2.05) is 61.5 Å². The molecule has 3 aromatic rings. The molecule has 0 spiro atoms. The summed E-state index contributed by atoms with van der Waals surface area (Å²) in [6.45, 7) is 3.47. The van der Waals surface area contributed by atoms with E-state index < -0.39 is 0 Å². The first kappa shape index (κ1) is 18.4. The van der Waals surface area contributed by atoms with Crippen molar-refractivity contribution in [1.82, 2.24) is 20.3 Å². The Hall–Kier alpha value is -3.35. The molecule has 0 unspecified atom stereocenters. The fourth-order valence-electron chi connectivity index (χ4n) is 2.50. The molecular formula is C20H22N4O3. The Labute approximate surface area is 157 Å². The van der Waals surface area contributed by atoms with Crippen LogP contribution in [0.1, 0.15) is 6.92 Å². The third-order valence-corrected chi connectivity index (χ3v) is 3.72. The molecule has 2 aromatic carbocycles. The molecule has 1 aromatic heterocycles. The van der Waals surface area contributed by atoms with Crippen LogP contribution in [0, 0.1) is 0 Å². The number of para-hydroxylation sites is 1. The number of aromatic nitrogens is 3. The quantitative estimate of drug-likeness (QED) is 0.589. The van der Waals surface area contributed by atoms with Gasteiger partial charge in [0.15, 0.2) is 0 Å². The average Bonchev–Trinajstić information content (AvgIpc) is 3.15. The number of nitrogens with zero attached hydrogens (tertiary/aromatic N) is 3. The molecule has 0 saturated carbocycles. The Kier molecular flexibility index (Phi) is 6.40. The van der Waals surface area contributed by atoms with Crippen LogP contribution in [0.5, 0.6) is 11.5 Å². The Bertz CT molecular complexity index is 864. The minimum absolute atomic E-state index is 0.101. The maximum Gasteiger partial charge on any atom is 0.241 e. The van der Waals surface area contributed by atoms with Gasteiger partial charge in [-0.25, -0.2) is 4.68 Å². The van der Waals surface area contributed by atoms with E-state index in [0.717, 1.165) is 17.1 Å². The summed E-state index contributed by atoms with van der Waals surface area (Å²) in [5, 5.41) is 11.0. The number of carbonyl (C=O) groups is 1. The molecule has 1 heterocycles. The molecule has 1 N–H and O–H groups in total. The number of nitrogens with one attached hydrogen (secondary N) is 1. The van der Waals surface area contributed by atoms with E-state index >= 15 is 0 Å². The van der Waals surface area contributed by atoms with E-state index in [-0.39, 0.29) is 12.5 Å². The van der Waals surface area contributed by atoms with Crippen LogP contribution in [0.4, 0.5) is 0 Å². The van der Waals surface area contributed by atoms with Gasteiger partial charge in [0.05, 0.1) is 19.3 Å². The molecule has 0 aliphatic heterocycles. The molecule has 140 valence electrons. The molecule has 0 fully saturated rings. The van der Waals surface area contributed by atoms with E-state index in [9.17, 15) is 4.79 Å². The van der Waals surface area contributed by atoms with Crippen LogP contribution in [0.15, 0.2) is 60.8 Å². The normalized spacial score (nSPS) is 10.4. The number of carbonyl (C=O) groups excluding carboxylic acids is 1. The van der Waals surface area contributed by atoms with Crippen LogP contribution >= 0.6 is 0 Å². The summed E-state index contributed by atoms with van der Waals surface area (Å²) in [6, 6.07) is 17.1. The number of ether oxygens (including phenoxy) is 2. The monoisotopic (exact) mass is 366 g/mol. The fraction of sp³-hybridized carbons (Fsp3) is 0.250. The van der Waals surface area contributed by atoms with Gasteiger partial charge in [-0.15, -0.1) is 5.10 Å². The molecule has 7 nitrogen and oxygen atoms in total. The fourth-order valence-corrected chi connectivity index (χ4v) is 2.50. The Morgan fingerprint density at radius 2 is 1.89 bits per heavy atom. The van der Waals surface area contributed by atoms with Gasteiger partial charge < -0.3 is 14.8 Å².